The number of anilines is 2. The molecule has 1 atom stereocenters. The molecule has 5 nitrogen and oxygen atoms in total. The number of fused-ring (bicyclic) bond motifs is 1. The number of rotatable bonds is 4. The van der Waals surface area contributed by atoms with Gasteiger partial charge in [-0.2, -0.15) is 4.98 Å². The molecule has 1 aliphatic heterocycles. The van der Waals surface area contributed by atoms with Crippen LogP contribution in [-0.2, 0) is 4.74 Å². The van der Waals surface area contributed by atoms with Crippen molar-refractivity contribution in [2.45, 2.75) is 45.3 Å². The van der Waals surface area contributed by atoms with Crippen molar-refractivity contribution < 1.29 is 4.74 Å². The van der Waals surface area contributed by atoms with Crippen molar-refractivity contribution in [2.24, 2.45) is 0 Å². The molecule has 114 valence electrons. The van der Waals surface area contributed by atoms with Crippen LogP contribution in [0.1, 0.15) is 33.6 Å². The van der Waals surface area contributed by atoms with Crippen LogP contribution in [0.15, 0.2) is 11.4 Å². The monoisotopic (exact) mass is 306 g/mol. The summed E-state index contributed by atoms with van der Waals surface area (Å²) in [7, 11) is 0. The fourth-order valence-corrected chi connectivity index (χ4v) is 3.51. The Morgan fingerprint density at radius 2 is 2.29 bits per heavy atom. The molecule has 0 radical (unpaired) electrons. The Labute approximate surface area is 129 Å². The summed E-state index contributed by atoms with van der Waals surface area (Å²) in [4.78, 5) is 10.2. The zero-order chi connectivity index (χ0) is 14.9. The van der Waals surface area contributed by atoms with Gasteiger partial charge in [-0.3, -0.25) is 0 Å². The minimum Gasteiger partial charge on any atom is -0.375 e. The fraction of sp³-hybridized carbons (Fsp3) is 0.600. The Morgan fingerprint density at radius 3 is 3.05 bits per heavy atom. The second-order valence-corrected chi connectivity index (χ2v) is 6.90. The van der Waals surface area contributed by atoms with Crippen LogP contribution in [0.25, 0.3) is 10.2 Å². The summed E-state index contributed by atoms with van der Waals surface area (Å²) in [6.07, 6.45) is 1.99. The van der Waals surface area contributed by atoms with Crippen molar-refractivity contribution >= 4 is 33.3 Å². The molecule has 0 amide bonds. The van der Waals surface area contributed by atoms with E-state index in [1.165, 1.54) is 0 Å². The number of ether oxygens (including phenoxy) is 1. The predicted octanol–water partition coefficient (Wildman–Crippen LogP) is 3.49. The molecular formula is C15H22N4OS. The third kappa shape index (κ3) is 3.27. The molecule has 21 heavy (non-hydrogen) atoms. The minimum atomic E-state index is -0.0682. The van der Waals surface area contributed by atoms with Gasteiger partial charge in [0.15, 0.2) is 0 Å². The van der Waals surface area contributed by atoms with Crippen molar-refractivity contribution in [1.82, 2.24) is 9.97 Å². The van der Waals surface area contributed by atoms with Crippen LogP contribution in [-0.4, -0.2) is 34.8 Å². The highest BCUT2D eigenvalue weighted by molar-refractivity contribution is 7.16. The van der Waals surface area contributed by atoms with E-state index < -0.39 is 0 Å². The second kappa shape index (κ2) is 5.77. The van der Waals surface area contributed by atoms with E-state index in [1.807, 2.05) is 0 Å². The van der Waals surface area contributed by atoms with E-state index >= 15 is 0 Å². The summed E-state index contributed by atoms with van der Waals surface area (Å²) >= 11 is 1.65. The van der Waals surface area contributed by atoms with Gasteiger partial charge in [0.05, 0.1) is 11.0 Å². The first-order valence-corrected chi connectivity index (χ1v) is 8.35. The quantitative estimate of drug-likeness (QED) is 0.905. The number of thiophene rings is 1. The second-order valence-electron chi connectivity index (χ2n) is 6.01. The largest absolute Gasteiger partial charge is 0.375 e. The molecule has 1 saturated heterocycles. The van der Waals surface area contributed by atoms with Crippen molar-refractivity contribution in [3.63, 3.8) is 0 Å². The van der Waals surface area contributed by atoms with E-state index in [2.05, 4.69) is 52.8 Å². The Morgan fingerprint density at radius 1 is 1.43 bits per heavy atom. The average molecular weight is 306 g/mol. The van der Waals surface area contributed by atoms with E-state index in [4.69, 9.17) is 4.74 Å². The normalized spacial score (nSPS) is 21.4. The van der Waals surface area contributed by atoms with Gasteiger partial charge in [-0.25, -0.2) is 4.98 Å². The van der Waals surface area contributed by atoms with Crippen LogP contribution in [0.2, 0.25) is 0 Å². The molecule has 1 fully saturated rings. The Bertz CT molecular complexity index is 625. The highest BCUT2D eigenvalue weighted by Gasteiger charge is 2.29. The SMILES string of the molecule is CCNc1nc(NC2CCOC(C)(C)C2)c2ccsc2n1. The van der Waals surface area contributed by atoms with Gasteiger partial charge in [0.1, 0.15) is 10.6 Å². The topological polar surface area (TPSA) is 59.1 Å². The summed E-state index contributed by atoms with van der Waals surface area (Å²) in [5, 5.41) is 9.97. The molecule has 2 N–H and O–H groups in total. The lowest BCUT2D eigenvalue weighted by atomic mass is 9.94. The lowest BCUT2D eigenvalue weighted by Gasteiger charge is -2.36. The zero-order valence-corrected chi connectivity index (χ0v) is 13.6. The van der Waals surface area contributed by atoms with Gasteiger partial charge in [-0.05, 0) is 45.1 Å². The third-order valence-corrected chi connectivity index (χ3v) is 4.50. The molecular weight excluding hydrogens is 284 g/mol. The fourth-order valence-electron chi connectivity index (χ4n) is 2.75. The van der Waals surface area contributed by atoms with Crippen molar-refractivity contribution in [3.05, 3.63) is 11.4 Å². The van der Waals surface area contributed by atoms with E-state index in [1.54, 1.807) is 11.3 Å². The van der Waals surface area contributed by atoms with Gasteiger partial charge < -0.3 is 15.4 Å². The maximum Gasteiger partial charge on any atom is 0.226 e. The van der Waals surface area contributed by atoms with Crippen molar-refractivity contribution in [3.8, 4) is 0 Å². The number of aromatic nitrogens is 2. The van der Waals surface area contributed by atoms with Crippen LogP contribution < -0.4 is 10.6 Å². The Kier molecular flexibility index (Phi) is 3.99. The van der Waals surface area contributed by atoms with Gasteiger partial charge >= 0.3 is 0 Å². The first-order valence-electron chi connectivity index (χ1n) is 7.47. The number of hydrogen-bond acceptors (Lipinski definition) is 6. The molecule has 3 rings (SSSR count). The Hall–Kier alpha value is -1.40. The maximum atomic E-state index is 5.78. The van der Waals surface area contributed by atoms with Crippen LogP contribution in [0.3, 0.4) is 0 Å². The van der Waals surface area contributed by atoms with Gasteiger partial charge in [0.25, 0.3) is 0 Å². The molecule has 0 aliphatic carbocycles. The van der Waals surface area contributed by atoms with Gasteiger partial charge in [-0.1, -0.05) is 0 Å². The van der Waals surface area contributed by atoms with E-state index in [9.17, 15) is 0 Å². The van der Waals surface area contributed by atoms with E-state index in [-0.39, 0.29) is 5.60 Å². The maximum absolute atomic E-state index is 5.78. The van der Waals surface area contributed by atoms with Gasteiger partial charge in [-0.15, -0.1) is 11.3 Å². The summed E-state index contributed by atoms with van der Waals surface area (Å²) in [5.41, 5.74) is -0.0682. The molecule has 3 heterocycles. The highest BCUT2D eigenvalue weighted by atomic mass is 32.1. The zero-order valence-electron chi connectivity index (χ0n) is 12.8. The Balaban J connectivity index is 1.86. The lowest BCUT2D eigenvalue weighted by Crippen LogP contribution is -2.40. The lowest BCUT2D eigenvalue weighted by molar-refractivity contribution is -0.0553. The van der Waals surface area contributed by atoms with Crippen molar-refractivity contribution in [2.75, 3.05) is 23.8 Å². The van der Waals surface area contributed by atoms with Gasteiger partial charge in [0.2, 0.25) is 5.95 Å². The molecule has 2 aromatic heterocycles. The smallest absolute Gasteiger partial charge is 0.226 e. The molecule has 1 aliphatic rings. The third-order valence-electron chi connectivity index (χ3n) is 3.70. The van der Waals surface area contributed by atoms with Crippen LogP contribution in [0.5, 0.6) is 0 Å². The molecule has 6 heteroatoms. The number of hydrogen-bond donors (Lipinski definition) is 2. The van der Waals surface area contributed by atoms with Crippen LogP contribution >= 0.6 is 11.3 Å². The summed E-state index contributed by atoms with van der Waals surface area (Å²) in [6.45, 7) is 7.95. The van der Waals surface area contributed by atoms with E-state index in [0.717, 1.165) is 42.0 Å². The minimum absolute atomic E-state index is 0.0682. The molecule has 2 aromatic rings. The average Bonchev–Trinajstić information content (AvgIpc) is 2.86. The first-order chi connectivity index (χ1) is 10.1. The van der Waals surface area contributed by atoms with Crippen LogP contribution in [0, 0.1) is 0 Å². The highest BCUT2D eigenvalue weighted by Crippen LogP contribution is 2.30. The molecule has 0 spiro atoms. The molecule has 0 bridgehead atoms. The summed E-state index contributed by atoms with van der Waals surface area (Å²) in [5.74, 6) is 1.63. The molecule has 1 unspecified atom stereocenters. The number of nitrogens with one attached hydrogen (secondary N) is 2. The standard InChI is InChI=1S/C15H22N4OS/c1-4-16-14-18-12(11-6-8-21-13(11)19-14)17-10-5-7-20-15(2,3)9-10/h6,8,10H,4-5,7,9H2,1-3H3,(H2,16,17,18,19). The molecule has 0 saturated carbocycles. The van der Waals surface area contributed by atoms with E-state index in [0.29, 0.717) is 12.0 Å². The molecule has 0 aromatic carbocycles. The van der Waals surface area contributed by atoms with Crippen LogP contribution in [0.4, 0.5) is 11.8 Å². The summed E-state index contributed by atoms with van der Waals surface area (Å²) in [6, 6.07) is 2.48. The number of nitrogens with zero attached hydrogens (tertiary/aromatic N) is 2. The van der Waals surface area contributed by atoms with Gasteiger partial charge in [0, 0.05) is 19.2 Å². The summed E-state index contributed by atoms with van der Waals surface area (Å²) < 4.78 is 5.78. The first kappa shape index (κ1) is 14.5. The van der Waals surface area contributed by atoms with Crippen molar-refractivity contribution in [1.29, 1.82) is 0 Å². The predicted molar refractivity (Wildman–Crippen MR) is 88.3 cm³/mol.